The summed E-state index contributed by atoms with van der Waals surface area (Å²) in [7, 11) is 0. The van der Waals surface area contributed by atoms with E-state index < -0.39 is 17.8 Å². The van der Waals surface area contributed by atoms with Crippen molar-refractivity contribution in [3.05, 3.63) is 110 Å². The van der Waals surface area contributed by atoms with Crippen LogP contribution in [0.4, 0.5) is 10.5 Å². The van der Waals surface area contributed by atoms with Gasteiger partial charge in [-0.15, -0.1) is 0 Å². The van der Waals surface area contributed by atoms with E-state index in [0.29, 0.717) is 32.6 Å². The number of barbiturate groups is 1. The van der Waals surface area contributed by atoms with Crippen LogP contribution in [0.5, 0.6) is 5.75 Å². The Labute approximate surface area is 236 Å². The van der Waals surface area contributed by atoms with Crippen molar-refractivity contribution in [3.63, 3.8) is 0 Å². The zero-order valence-corrected chi connectivity index (χ0v) is 23.7. The first-order chi connectivity index (χ1) is 18.2. The predicted molar refractivity (Wildman–Crippen MR) is 155 cm³/mol. The molecule has 0 unspecified atom stereocenters. The molecule has 1 aliphatic rings. The van der Waals surface area contributed by atoms with Crippen LogP contribution in [-0.2, 0) is 16.2 Å². The van der Waals surface area contributed by atoms with Gasteiger partial charge in [0, 0.05) is 0 Å². The molecule has 0 aromatic heterocycles. The van der Waals surface area contributed by atoms with Gasteiger partial charge < -0.3 is 4.74 Å². The number of fused-ring (bicyclic) bond motifs is 1. The molecular weight excluding hydrogens is 612 g/mol. The molecule has 0 bridgehead atoms. The van der Waals surface area contributed by atoms with E-state index in [-0.39, 0.29) is 5.57 Å². The minimum atomic E-state index is -0.776. The van der Waals surface area contributed by atoms with Gasteiger partial charge in [-0.25, -0.2) is 9.69 Å². The number of nitrogens with zero attached hydrogens (tertiary/aromatic N) is 1. The van der Waals surface area contributed by atoms with Crippen LogP contribution in [0, 0.1) is 13.8 Å². The summed E-state index contributed by atoms with van der Waals surface area (Å²) in [5, 5.41) is 4.57. The molecule has 1 fully saturated rings. The summed E-state index contributed by atoms with van der Waals surface area (Å²) in [6, 6.07) is 22.4. The number of urea groups is 1. The Bertz CT molecular complexity index is 1620. The number of carbonyl (C=O) groups is 3. The number of rotatable bonds is 5. The molecule has 0 saturated carbocycles. The highest BCUT2D eigenvalue weighted by Crippen LogP contribution is 2.36. The first-order valence-electron chi connectivity index (χ1n) is 11.8. The maximum Gasteiger partial charge on any atom is 0.335 e. The van der Waals surface area contributed by atoms with Gasteiger partial charge in [0.15, 0.2) is 0 Å². The lowest BCUT2D eigenvalue weighted by Crippen LogP contribution is -2.54. The van der Waals surface area contributed by atoms with Crippen LogP contribution in [0.2, 0.25) is 0 Å². The summed E-state index contributed by atoms with van der Waals surface area (Å²) in [6.45, 7) is 4.11. The Balaban J connectivity index is 1.40. The van der Waals surface area contributed by atoms with E-state index in [1.165, 1.54) is 6.08 Å². The number of hydrogen-bond donors (Lipinski definition) is 1. The van der Waals surface area contributed by atoms with Gasteiger partial charge in [-0.3, -0.25) is 14.9 Å². The lowest BCUT2D eigenvalue weighted by Gasteiger charge is -2.27. The summed E-state index contributed by atoms with van der Waals surface area (Å²) >= 11 is 7.09. The van der Waals surface area contributed by atoms with Gasteiger partial charge in [0.05, 0.1) is 14.6 Å². The van der Waals surface area contributed by atoms with Gasteiger partial charge in [-0.05, 0) is 115 Å². The van der Waals surface area contributed by atoms with Crippen LogP contribution in [-0.4, -0.2) is 17.8 Å². The number of hydrogen-bond acceptors (Lipinski definition) is 4. The molecule has 4 aromatic carbocycles. The fraction of sp³-hybridized carbons (Fsp3) is 0.100. The Kier molecular flexibility index (Phi) is 7.19. The lowest BCUT2D eigenvalue weighted by molar-refractivity contribution is -0.122. The van der Waals surface area contributed by atoms with E-state index in [1.54, 1.807) is 24.3 Å². The smallest absolute Gasteiger partial charge is 0.335 e. The largest absolute Gasteiger partial charge is 0.487 e. The molecule has 1 saturated heterocycles. The molecule has 8 heteroatoms. The average Bonchev–Trinajstić information content (AvgIpc) is 2.85. The Morgan fingerprint density at radius 2 is 1.50 bits per heavy atom. The molecule has 6 nitrogen and oxygen atoms in total. The highest BCUT2D eigenvalue weighted by atomic mass is 79.9. The van der Waals surface area contributed by atoms with Crippen molar-refractivity contribution in [3.8, 4) is 5.75 Å². The lowest BCUT2D eigenvalue weighted by atomic mass is 10.1. The van der Waals surface area contributed by atoms with Crippen LogP contribution < -0.4 is 15.0 Å². The van der Waals surface area contributed by atoms with Gasteiger partial charge in [0.1, 0.15) is 17.9 Å². The molecule has 0 aliphatic carbocycles. The Morgan fingerprint density at radius 3 is 2.18 bits per heavy atom. The highest BCUT2D eigenvalue weighted by molar-refractivity contribution is 9.11. The number of halogens is 2. The standard InChI is InChI=1S/C30H22Br2N2O4/c1-17-9-18(2)11-23(10-17)34-29(36)24(28(35)33-30(34)37)13-20-14-25(31)27(26(32)15-20)38-16-19-7-8-21-5-3-4-6-22(21)12-19/h3-15H,16H2,1-2H3,(H,33,35,37)/b24-13+. The van der Waals surface area contributed by atoms with Crippen molar-refractivity contribution in [1.82, 2.24) is 5.32 Å². The SMILES string of the molecule is Cc1cc(C)cc(N2C(=O)NC(=O)/C(=C\c3cc(Br)c(OCc4ccc5ccccc5c4)c(Br)c3)C2=O)c1. The molecular formula is C30H22Br2N2O4. The van der Waals surface area contributed by atoms with Crippen LogP contribution in [0.1, 0.15) is 22.3 Å². The third-order valence-corrected chi connectivity index (χ3v) is 7.27. The van der Waals surface area contributed by atoms with Crippen LogP contribution in [0.15, 0.2) is 87.3 Å². The Morgan fingerprint density at radius 1 is 0.842 bits per heavy atom. The van der Waals surface area contributed by atoms with Gasteiger partial charge in [0.2, 0.25) is 0 Å². The molecule has 1 heterocycles. The molecule has 4 aromatic rings. The maximum absolute atomic E-state index is 13.3. The minimum Gasteiger partial charge on any atom is -0.487 e. The quantitative estimate of drug-likeness (QED) is 0.186. The summed E-state index contributed by atoms with van der Waals surface area (Å²) in [5.41, 5.74) is 3.66. The zero-order valence-electron chi connectivity index (χ0n) is 20.5. The third-order valence-electron chi connectivity index (χ3n) is 6.09. The molecule has 0 atom stereocenters. The van der Waals surface area contributed by atoms with E-state index in [0.717, 1.165) is 32.4 Å². The molecule has 4 amide bonds. The number of amides is 4. The number of aryl methyl sites for hydroxylation is 2. The topological polar surface area (TPSA) is 75.7 Å². The van der Waals surface area contributed by atoms with Gasteiger partial charge in [-0.2, -0.15) is 0 Å². The highest BCUT2D eigenvalue weighted by Gasteiger charge is 2.37. The molecule has 5 rings (SSSR count). The monoisotopic (exact) mass is 632 g/mol. The van der Waals surface area contributed by atoms with Crippen molar-refractivity contribution < 1.29 is 19.1 Å². The predicted octanol–water partition coefficient (Wildman–Crippen LogP) is 7.23. The van der Waals surface area contributed by atoms with Crippen LogP contribution in [0.3, 0.4) is 0 Å². The number of carbonyl (C=O) groups excluding carboxylic acids is 3. The van der Waals surface area contributed by atoms with E-state index in [2.05, 4.69) is 61.4 Å². The van der Waals surface area contributed by atoms with E-state index in [1.807, 2.05) is 38.1 Å². The van der Waals surface area contributed by atoms with Crippen LogP contribution in [0.25, 0.3) is 16.8 Å². The zero-order chi connectivity index (χ0) is 27.0. The summed E-state index contributed by atoms with van der Waals surface area (Å²) in [4.78, 5) is 39.5. The number of anilines is 1. The molecule has 0 radical (unpaired) electrons. The third kappa shape index (κ3) is 5.28. The second-order valence-corrected chi connectivity index (χ2v) is 10.8. The average molecular weight is 634 g/mol. The molecule has 1 aliphatic heterocycles. The molecule has 0 spiro atoms. The van der Waals surface area contributed by atoms with Gasteiger partial charge in [-0.1, -0.05) is 42.5 Å². The van der Waals surface area contributed by atoms with Crippen LogP contribution >= 0.6 is 31.9 Å². The first-order valence-corrected chi connectivity index (χ1v) is 13.4. The second kappa shape index (κ2) is 10.6. The minimum absolute atomic E-state index is 0.146. The number of nitrogens with one attached hydrogen (secondary N) is 1. The van der Waals surface area contributed by atoms with Crippen molar-refractivity contribution in [1.29, 1.82) is 0 Å². The fourth-order valence-corrected chi connectivity index (χ4v) is 5.87. The molecule has 190 valence electrons. The first kappa shape index (κ1) is 25.9. The van der Waals surface area contributed by atoms with E-state index in [9.17, 15) is 14.4 Å². The van der Waals surface area contributed by atoms with Crippen molar-refractivity contribution >= 4 is 72.2 Å². The van der Waals surface area contributed by atoms with E-state index in [4.69, 9.17) is 4.74 Å². The number of benzene rings is 4. The van der Waals surface area contributed by atoms with Crippen molar-refractivity contribution in [2.75, 3.05) is 4.90 Å². The summed E-state index contributed by atoms with van der Waals surface area (Å²) in [5.74, 6) is -0.844. The normalized spacial score (nSPS) is 14.8. The van der Waals surface area contributed by atoms with Crippen molar-refractivity contribution in [2.24, 2.45) is 0 Å². The number of ether oxygens (including phenoxy) is 1. The van der Waals surface area contributed by atoms with Crippen molar-refractivity contribution in [2.45, 2.75) is 20.5 Å². The van der Waals surface area contributed by atoms with E-state index >= 15 is 0 Å². The maximum atomic E-state index is 13.3. The molecule has 1 N–H and O–H groups in total. The Hall–Kier alpha value is -3.75. The van der Waals surface area contributed by atoms with Gasteiger partial charge in [0.25, 0.3) is 11.8 Å². The summed E-state index contributed by atoms with van der Waals surface area (Å²) < 4.78 is 7.38. The fourth-order valence-electron chi connectivity index (χ4n) is 4.42. The van der Waals surface area contributed by atoms with Gasteiger partial charge >= 0.3 is 6.03 Å². The summed E-state index contributed by atoms with van der Waals surface area (Å²) in [6.07, 6.45) is 1.46. The molecule has 38 heavy (non-hydrogen) atoms. The second-order valence-electron chi connectivity index (χ2n) is 9.09. The number of imide groups is 2.